The highest BCUT2D eigenvalue weighted by atomic mass is 16.5. The standard InChI is InChI=1S/C17H21NO3/c1-11-12(2)18(8-7-14-4-3-9-21-14)16-6-5-13(17(19)20)10-15(11)16/h5-6,10,14H,3-4,7-9H2,1-2H3,(H,19,20). The van der Waals surface area contributed by atoms with Crippen LogP contribution in [0.2, 0.25) is 0 Å². The molecule has 0 spiro atoms. The average molecular weight is 287 g/mol. The molecule has 1 unspecified atom stereocenters. The van der Waals surface area contributed by atoms with Gasteiger partial charge in [-0.3, -0.25) is 0 Å². The number of nitrogens with zero attached hydrogens (tertiary/aromatic N) is 1. The summed E-state index contributed by atoms with van der Waals surface area (Å²) in [5.41, 5.74) is 3.85. The van der Waals surface area contributed by atoms with Gasteiger partial charge in [0.2, 0.25) is 0 Å². The third kappa shape index (κ3) is 2.56. The Kier molecular flexibility index (Phi) is 3.72. The van der Waals surface area contributed by atoms with Crippen molar-refractivity contribution in [1.82, 2.24) is 4.57 Å². The lowest BCUT2D eigenvalue weighted by Crippen LogP contribution is -2.10. The molecule has 0 amide bonds. The van der Waals surface area contributed by atoms with Crippen molar-refractivity contribution in [3.63, 3.8) is 0 Å². The second-order valence-electron chi connectivity index (χ2n) is 5.82. The van der Waals surface area contributed by atoms with Crippen LogP contribution in [0.3, 0.4) is 0 Å². The number of fused-ring (bicyclic) bond motifs is 1. The molecular formula is C17H21NO3. The Labute approximate surface area is 124 Å². The number of benzene rings is 1. The first kappa shape index (κ1) is 14.1. The maximum atomic E-state index is 11.1. The average Bonchev–Trinajstić information content (AvgIpc) is 3.06. The number of carbonyl (C=O) groups is 1. The fourth-order valence-electron chi connectivity index (χ4n) is 3.22. The van der Waals surface area contributed by atoms with E-state index in [-0.39, 0.29) is 0 Å². The van der Waals surface area contributed by atoms with Crippen LogP contribution in [0.4, 0.5) is 0 Å². The first-order valence-corrected chi connectivity index (χ1v) is 7.52. The van der Waals surface area contributed by atoms with Gasteiger partial charge in [0, 0.05) is 29.7 Å². The van der Waals surface area contributed by atoms with Gasteiger partial charge in [-0.25, -0.2) is 4.79 Å². The van der Waals surface area contributed by atoms with Crippen LogP contribution in [0.1, 0.15) is 40.9 Å². The van der Waals surface area contributed by atoms with Crippen LogP contribution in [-0.4, -0.2) is 28.4 Å². The molecule has 2 heterocycles. The Morgan fingerprint density at radius 2 is 2.24 bits per heavy atom. The zero-order chi connectivity index (χ0) is 15.0. The Morgan fingerprint density at radius 1 is 1.43 bits per heavy atom. The van der Waals surface area contributed by atoms with Crippen molar-refractivity contribution < 1.29 is 14.6 Å². The highest BCUT2D eigenvalue weighted by molar-refractivity contribution is 5.95. The summed E-state index contributed by atoms with van der Waals surface area (Å²) in [6, 6.07) is 5.39. The van der Waals surface area contributed by atoms with Crippen molar-refractivity contribution in [3.05, 3.63) is 35.0 Å². The number of aromatic nitrogens is 1. The van der Waals surface area contributed by atoms with Crippen molar-refractivity contribution >= 4 is 16.9 Å². The second kappa shape index (κ2) is 5.53. The topological polar surface area (TPSA) is 51.5 Å². The molecular weight excluding hydrogens is 266 g/mol. The first-order chi connectivity index (χ1) is 10.1. The van der Waals surface area contributed by atoms with Crippen LogP contribution in [0.15, 0.2) is 18.2 Å². The molecule has 1 aliphatic rings. The minimum atomic E-state index is -0.874. The number of aromatic carboxylic acids is 1. The van der Waals surface area contributed by atoms with Crippen LogP contribution < -0.4 is 0 Å². The molecule has 0 aliphatic carbocycles. The summed E-state index contributed by atoms with van der Waals surface area (Å²) in [7, 11) is 0. The lowest BCUT2D eigenvalue weighted by molar-refractivity contribution is 0.0697. The molecule has 21 heavy (non-hydrogen) atoms. The maximum Gasteiger partial charge on any atom is 0.335 e. The van der Waals surface area contributed by atoms with E-state index in [4.69, 9.17) is 9.84 Å². The molecule has 1 aliphatic heterocycles. The number of rotatable bonds is 4. The second-order valence-corrected chi connectivity index (χ2v) is 5.82. The molecule has 2 aromatic rings. The Hall–Kier alpha value is -1.81. The van der Waals surface area contributed by atoms with E-state index in [1.54, 1.807) is 12.1 Å². The molecule has 4 nitrogen and oxygen atoms in total. The molecule has 1 fully saturated rings. The number of carboxylic acids is 1. The predicted octanol–water partition coefficient (Wildman–Crippen LogP) is 3.53. The van der Waals surface area contributed by atoms with Crippen molar-refractivity contribution in [3.8, 4) is 0 Å². The molecule has 1 saturated heterocycles. The summed E-state index contributed by atoms with van der Waals surface area (Å²) in [6.07, 6.45) is 3.71. The van der Waals surface area contributed by atoms with E-state index in [1.807, 2.05) is 6.07 Å². The van der Waals surface area contributed by atoms with Gasteiger partial charge in [-0.05, 0) is 56.9 Å². The molecule has 4 heteroatoms. The van der Waals surface area contributed by atoms with E-state index >= 15 is 0 Å². The lowest BCUT2D eigenvalue weighted by atomic mass is 10.1. The van der Waals surface area contributed by atoms with Gasteiger partial charge in [-0.1, -0.05) is 0 Å². The van der Waals surface area contributed by atoms with E-state index in [1.165, 1.54) is 11.3 Å². The lowest BCUT2D eigenvalue weighted by Gasteiger charge is -2.12. The minimum Gasteiger partial charge on any atom is -0.478 e. The Bertz CT molecular complexity index is 681. The summed E-state index contributed by atoms with van der Waals surface area (Å²) in [4.78, 5) is 11.1. The summed E-state index contributed by atoms with van der Waals surface area (Å²) in [6.45, 7) is 5.97. The molecule has 0 saturated carbocycles. The number of hydrogen-bond donors (Lipinski definition) is 1. The fraction of sp³-hybridized carbons (Fsp3) is 0.471. The van der Waals surface area contributed by atoms with E-state index in [9.17, 15) is 4.79 Å². The Balaban J connectivity index is 1.94. The molecule has 0 radical (unpaired) electrons. The van der Waals surface area contributed by atoms with Crippen molar-refractivity contribution in [2.75, 3.05) is 6.61 Å². The fourth-order valence-corrected chi connectivity index (χ4v) is 3.22. The zero-order valence-corrected chi connectivity index (χ0v) is 12.6. The summed E-state index contributed by atoms with van der Waals surface area (Å²) in [5.74, 6) is -0.874. The van der Waals surface area contributed by atoms with Gasteiger partial charge < -0.3 is 14.4 Å². The van der Waals surface area contributed by atoms with Crippen LogP contribution in [0.25, 0.3) is 10.9 Å². The van der Waals surface area contributed by atoms with Gasteiger partial charge in [0.25, 0.3) is 0 Å². The number of aryl methyl sites for hydroxylation is 2. The number of carboxylic acid groups (broad SMARTS) is 1. The molecule has 0 bridgehead atoms. The smallest absolute Gasteiger partial charge is 0.335 e. The highest BCUT2D eigenvalue weighted by Crippen LogP contribution is 2.27. The summed E-state index contributed by atoms with van der Waals surface area (Å²) < 4.78 is 7.98. The monoisotopic (exact) mass is 287 g/mol. The van der Waals surface area contributed by atoms with E-state index in [2.05, 4.69) is 18.4 Å². The van der Waals surface area contributed by atoms with E-state index < -0.39 is 5.97 Å². The Morgan fingerprint density at radius 3 is 2.90 bits per heavy atom. The highest BCUT2D eigenvalue weighted by Gasteiger charge is 2.18. The normalized spacial score (nSPS) is 18.5. The van der Waals surface area contributed by atoms with E-state index in [0.29, 0.717) is 11.7 Å². The predicted molar refractivity (Wildman–Crippen MR) is 82.0 cm³/mol. The quantitative estimate of drug-likeness (QED) is 0.936. The molecule has 3 rings (SSSR count). The first-order valence-electron chi connectivity index (χ1n) is 7.52. The number of hydrogen-bond acceptors (Lipinski definition) is 2. The molecule has 1 atom stereocenters. The largest absolute Gasteiger partial charge is 0.478 e. The number of ether oxygens (including phenoxy) is 1. The molecule has 1 aromatic heterocycles. The minimum absolute atomic E-state index is 0.349. The molecule has 1 N–H and O–H groups in total. The van der Waals surface area contributed by atoms with Gasteiger partial charge in [-0.15, -0.1) is 0 Å². The third-order valence-electron chi connectivity index (χ3n) is 4.58. The SMILES string of the molecule is Cc1c(C)n(CCC2CCCO2)c2ccc(C(=O)O)cc12. The summed E-state index contributed by atoms with van der Waals surface area (Å²) >= 11 is 0. The van der Waals surface area contributed by atoms with Crippen molar-refractivity contribution in [1.29, 1.82) is 0 Å². The van der Waals surface area contributed by atoms with E-state index in [0.717, 1.165) is 43.3 Å². The zero-order valence-electron chi connectivity index (χ0n) is 12.6. The van der Waals surface area contributed by atoms with Crippen LogP contribution in [-0.2, 0) is 11.3 Å². The maximum absolute atomic E-state index is 11.1. The summed E-state index contributed by atoms with van der Waals surface area (Å²) in [5, 5.41) is 10.2. The van der Waals surface area contributed by atoms with Gasteiger partial charge in [-0.2, -0.15) is 0 Å². The molecule has 112 valence electrons. The van der Waals surface area contributed by atoms with Crippen LogP contribution in [0, 0.1) is 13.8 Å². The van der Waals surface area contributed by atoms with Crippen LogP contribution >= 0.6 is 0 Å². The van der Waals surface area contributed by atoms with Gasteiger partial charge in [0.1, 0.15) is 0 Å². The van der Waals surface area contributed by atoms with Crippen LogP contribution in [0.5, 0.6) is 0 Å². The van der Waals surface area contributed by atoms with Crippen molar-refractivity contribution in [2.24, 2.45) is 0 Å². The molecule has 1 aromatic carbocycles. The van der Waals surface area contributed by atoms with Crippen molar-refractivity contribution in [2.45, 2.75) is 45.8 Å². The van der Waals surface area contributed by atoms with Gasteiger partial charge in [0.05, 0.1) is 11.7 Å². The van der Waals surface area contributed by atoms with Gasteiger partial charge in [0.15, 0.2) is 0 Å². The van der Waals surface area contributed by atoms with Gasteiger partial charge >= 0.3 is 5.97 Å². The third-order valence-corrected chi connectivity index (χ3v) is 4.58.